The molecule has 9 heteroatoms. The van der Waals surface area contributed by atoms with Gasteiger partial charge in [0.1, 0.15) is 5.01 Å². The molecule has 1 aliphatic rings. The number of hydrogen-bond acceptors (Lipinski definition) is 6. The first-order valence-corrected chi connectivity index (χ1v) is 10.1. The molecule has 3 heterocycles. The maximum atomic E-state index is 6.26. The smallest absolute Gasteiger partial charge is 0.225 e. The van der Waals surface area contributed by atoms with Gasteiger partial charge in [0, 0.05) is 49.0 Å². The lowest BCUT2D eigenvalue weighted by atomic mass is 10.2. The number of hydrogen-bond donors (Lipinski definition) is 1. The molecule has 0 bridgehead atoms. The van der Waals surface area contributed by atoms with Gasteiger partial charge < -0.3 is 15.5 Å². The number of aryl methyl sites for hydroxylation is 1. The largest absolute Gasteiger partial charge is 0.370 e. The number of anilines is 1. The number of nitrogens with zero attached hydrogens (tertiary/aromatic N) is 6. The number of nitrogens with two attached hydrogens (primary N) is 1. The highest BCUT2D eigenvalue weighted by atomic mass is 127. The monoisotopic (exact) mass is 521 g/mol. The highest BCUT2D eigenvalue weighted by Gasteiger charge is 2.20. The van der Waals surface area contributed by atoms with Gasteiger partial charge in [-0.05, 0) is 13.0 Å². The van der Waals surface area contributed by atoms with Gasteiger partial charge in [0.05, 0.1) is 12.2 Å². The van der Waals surface area contributed by atoms with Crippen molar-refractivity contribution < 1.29 is 0 Å². The van der Waals surface area contributed by atoms with Gasteiger partial charge in [-0.1, -0.05) is 30.3 Å². The second kappa shape index (κ2) is 9.97. The molecule has 1 saturated heterocycles. The van der Waals surface area contributed by atoms with E-state index in [0.717, 1.165) is 53.3 Å². The Morgan fingerprint density at radius 1 is 1.07 bits per heavy atom. The molecular formula is C20H24IN7S. The first kappa shape index (κ1) is 21.4. The second-order valence-electron chi connectivity index (χ2n) is 6.59. The van der Waals surface area contributed by atoms with Crippen LogP contribution in [0.2, 0.25) is 0 Å². The Balaban J connectivity index is 0.00000240. The van der Waals surface area contributed by atoms with Crippen LogP contribution in [0.5, 0.6) is 0 Å². The van der Waals surface area contributed by atoms with E-state index >= 15 is 0 Å². The molecule has 3 aromatic rings. The summed E-state index contributed by atoms with van der Waals surface area (Å²) in [5.74, 6) is 1.36. The number of aliphatic imine (C=N–C) groups is 1. The number of benzene rings is 1. The first-order chi connectivity index (χ1) is 13.7. The standard InChI is InChI=1S/C20H23N7S.HI/c1-15-17(28-18(25-15)16-6-3-2-4-7-16)14-24-19(21)26-10-12-27(13-11-26)20-22-8-5-9-23-20;/h2-9H,10-14H2,1H3,(H2,21,24);1H. The lowest BCUT2D eigenvalue weighted by Crippen LogP contribution is -2.51. The highest BCUT2D eigenvalue weighted by Crippen LogP contribution is 2.28. The molecule has 2 N–H and O–H groups in total. The minimum atomic E-state index is 0. The van der Waals surface area contributed by atoms with E-state index < -0.39 is 0 Å². The van der Waals surface area contributed by atoms with Crippen LogP contribution in [0.4, 0.5) is 5.95 Å². The fourth-order valence-electron chi connectivity index (χ4n) is 3.12. The summed E-state index contributed by atoms with van der Waals surface area (Å²) in [4.78, 5) is 23.4. The van der Waals surface area contributed by atoms with Gasteiger partial charge in [0.2, 0.25) is 5.95 Å². The van der Waals surface area contributed by atoms with Gasteiger partial charge in [-0.25, -0.2) is 19.9 Å². The molecule has 0 unspecified atom stereocenters. The Kier molecular flexibility index (Phi) is 7.37. The molecule has 1 aromatic carbocycles. The van der Waals surface area contributed by atoms with E-state index in [1.807, 2.05) is 31.2 Å². The van der Waals surface area contributed by atoms with Crippen molar-refractivity contribution in [2.24, 2.45) is 10.7 Å². The number of guanidine groups is 1. The van der Waals surface area contributed by atoms with Gasteiger partial charge in [-0.2, -0.15) is 0 Å². The average Bonchev–Trinajstić information content (AvgIpc) is 3.14. The quantitative estimate of drug-likeness (QED) is 0.323. The van der Waals surface area contributed by atoms with Crippen molar-refractivity contribution in [3.05, 3.63) is 59.4 Å². The molecule has 0 amide bonds. The van der Waals surface area contributed by atoms with Crippen LogP contribution >= 0.6 is 35.3 Å². The average molecular weight is 521 g/mol. The molecule has 0 atom stereocenters. The summed E-state index contributed by atoms with van der Waals surface area (Å²) in [6.07, 6.45) is 3.54. The van der Waals surface area contributed by atoms with Crippen molar-refractivity contribution >= 4 is 47.2 Å². The maximum Gasteiger partial charge on any atom is 0.225 e. The van der Waals surface area contributed by atoms with Gasteiger partial charge in [-0.3, -0.25) is 0 Å². The third-order valence-corrected chi connectivity index (χ3v) is 5.93. The van der Waals surface area contributed by atoms with Gasteiger partial charge in [0.15, 0.2) is 5.96 Å². The van der Waals surface area contributed by atoms with E-state index in [2.05, 4.69) is 41.9 Å². The number of thiazole rings is 1. The van der Waals surface area contributed by atoms with E-state index in [1.54, 1.807) is 23.7 Å². The number of piperazine rings is 1. The van der Waals surface area contributed by atoms with Gasteiger partial charge in [0.25, 0.3) is 0 Å². The Bertz CT molecular complexity index is 938. The summed E-state index contributed by atoms with van der Waals surface area (Å²) in [7, 11) is 0. The molecule has 0 saturated carbocycles. The number of aromatic nitrogens is 3. The zero-order chi connectivity index (χ0) is 19.3. The maximum absolute atomic E-state index is 6.26. The summed E-state index contributed by atoms with van der Waals surface area (Å²) < 4.78 is 0. The minimum absolute atomic E-state index is 0. The van der Waals surface area contributed by atoms with Crippen molar-refractivity contribution in [1.82, 2.24) is 19.9 Å². The lowest BCUT2D eigenvalue weighted by molar-refractivity contribution is 0.378. The number of halogens is 1. The summed E-state index contributed by atoms with van der Waals surface area (Å²) in [6, 6.07) is 12.1. The van der Waals surface area contributed by atoms with Crippen LogP contribution in [0, 0.1) is 6.92 Å². The summed E-state index contributed by atoms with van der Waals surface area (Å²) in [6.45, 7) is 5.87. The molecule has 2 aromatic heterocycles. The summed E-state index contributed by atoms with van der Waals surface area (Å²) in [5, 5.41) is 1.03. The fourth-order valence-corrected chi connectivity index (χ4v) is 4.11. The van der Waals surface area contributed by atoms with Crippen molar-refractivity contribution in [3.8, 4) is 10.6 Å². The third kappa shape index (κ3) is 5.21. The van der Waals surface area contributed by atoms with Crippen LogP contribution in [-0.2, 0) is 6.54 Å². The van der Waals surface area contributed by atoms with Crippen LogP contribution in [0.15, 0.2) is 53.8 Å². The Morgan fingerprint density at radius 3 is 2.45 bits per heavy atom. The zero-order valence-electron chi connectivity index (χ0n) is 16.2. The van der Waals surface area contributed by atoms with Gasteiger partial charge in [-0.15, -0.1) is 35.3 Å². The van der Waals surface area contributed by atoms with E-state index in [9.17, 15) is 0 Å². The lowest BCUT2D eigenvalue weighted by Gasteiger charge is -2.35. The highest BCUT2D eigenvalue weighted by molar-refractivity contribution is 14.0. The molecular weight excluding hydrogens is 497 g/mol. The van der Waals surface area contributed by atoms with Crippen molar-refractivity contribution in [2.45, 2.75) is 13.5 Å². The molecule has 152 valence electrons. The SMILES string of the molecule is Cc1nc(-c2ccccc2)sc1CN=C(N)N1CCN(c2ncccn2)CC1.I. The first-order valence-electron chi connectivity index (χ1n) is 9.29. The van der Waals surface area contributed by atoms with E-state index in [4.69, 9.17) is 5.73 Å². The predicted molar refractivity (Wildman–Crippen MR) is 129 cm³/mol. The summed E-state index contributed by atoms with van der Waals surface area (Å²) in [5.41, 5.74) is 8.42. The van der Waals surface area contributed by atoms with E-state index in [1.165, 1.54) is 0 Å². The summed E-state index contributed by atoms with van der Waals surface area (Å²) >= 11 is 1.68. The molecule has 0 radical (unpaired) electrons. The minimum Gasteiger partial charge on any atom is -0.370 e. The molecule has 1 aliphatic heterocycles. The molecule has 29 heavy (non-hydrogen) atoms. The molecule has 0 spiro atoms. The third-order valence-electron chi connectivity index (χ3n) is 4.74. The van der Waals surface area contributed by atoms with Crippen molar-refractivity contribution in [3.63, 3.8) is 0 Å². The topological polar surface area (TPSA) is 83.5 Å². The van der Waals surface area contributed by atoms with Crippen LogP contribution in [0.3, 0.4) is 0 Å². The second-order valence-corrected chi connectivity index (χ2v) is 7.67. The molecule has 1 fully saturated rings. The molecule has 4 rings (SSSR count). The van der Waals surface area contributed by atoms with E-state index in [-0.39, 0.29) is 24.0 Å². The Morgan fingerprint density at radius 2 is 1.76 bits per heavy atom. The fraction of sp³-hybridized carbons (Fsp3) is 0.300. The van der Waals surface area contributed by atoms with Gasteiger partial charge >= 0.3 is 0 Å². The Labute approximate surface area is 191 Å². The van der Waals surface area contributed by atoms with E-state index in [0.29, 0.717) is 12.5 Å². The van der Waals surface area contributed by atoms with Crippen molar-refractivity contribution in [2.75, 3.05) is 31.1 Å². The normalized spacial score (nSPS) is 14.6. The Hall–Kier alpha value is -2.27. The van der Waals surface area contributed by atoms with Crippen LogP contribution in [0.1, 0.15) is 10.6 Å². The van der Waals surface area contributed by atoms with Crippen LogP contribution in [-0.4, -0.2) is 52.0 Å². The number of rotatable bonds is 4. The zero-order valence-corrected chi connectivity index (χ0v) is 19.4. The van der Waals surface area contributed by atoms with Crippen LogP contribution in [0.25, 0.3) is 10.6 Å². The molecule has 0 aliphatic carbocycles. The van der Waals surface area contributed by atoms with Crippen molar-refractivity contribution in [1.29, 1.82) is 0 Å². The van der Waals surface area contributed by atoms with Crippen LogP contribution < -0.4 is 10.6 Å². The predicted octanol–water partition coefficient (Wildman–Crippen LogP) is 3.16. The molecule has 7 nitrogen and oxygen atoms in total.